The van der Waals surface area contributed by atoms with Gasteiger partial charge in [0.2, 0.25) is 11.8 Å². The third kappa shape index (κ3) is 4.94. The summed E-state index contributed by atoms with van der Waals surface area (Å²) in [4.78, 5) is 30.6. The predicted octanol–water partition coefficient (Wildman–Crippen LogP) is 2.91. The van der Waals surface area contributed by atoms with E-state index >= 15 is 0 Å². The summed E-state index contributed by atoms with van der Waals surface area (Å²) in [5.74, 6) is 0.00721. The highest BCUT2D eigenvalue weighted by Gasteiger charge is 2.33. The molecule has 1 saturated heterocycles. The fraction of sp³-hybridized carbons (Fsp3) is 0.409. The van der Waals surface area contributed by atoms with Gasteiger partial charge in [0.15, 0.2) is 0 Å². The molecule has 1 aromatic heterocycles. The molecule has 0 saturated carbocycles. The van der Waals surface area contributed by atoms with Crippen LogP contribution in [0.15, 0.2) is 48.8 Å². The number of aromatic nitrogens is 1. The maximum Gasteiger partial charge on any atom is 0.225 e. The molecule has 1 aliphatic heterocycles. The number of pyridine rings is 1. The Kier molecular flexibility index (Phi) is 6.22. The molecule has 2 amide bonds. The Morgan fingerprint density at radius 2 is 1.93 bits per heavy atom. The number of carbonyl (C=O) groups excluding carboxylic acids is 2. The van der Waals surface area contributed by atoms with Gasteiger partial charge in [-0.05, 0) is 35.6 Å². The fourth-order valence-electron chi connectivity index (χ4n) is 3.65. The van der Waals surface area contributed by atoms with E-state index in [2.05, 4.69) is 41.5 Å². The Morgan fingerprint density at radius 1 is 1.15 bits per heavy atom. The molecule has 27 heavy (non-hydrogen) atoms. The van der Waals surface area contributed by atoms with Crippen LogP contribution in [0.2, 0.25) is 0 Å². The molecule has 2 aromatic rings. The Morgan fingerprint density at radius 3 is 2.56 bits per heavy atom. The topological polar surface area (TPSA) is 62.3 Å². The third-order valence-corrected chi connectivity index (χ3v) is 5.32. The zero-order valence-corrected chi connectivity index (χ0v) is 16.0. The lowest BCUT2D eigenvalue weighted by Crippen LogP contribution is -2.47. The van der Waals surface area contributed by atoms with Gasteiger partial charge in [-0.1, -0.05) is 37.3 Å². The van der Waals surface area contributed by atoms with Gasteiger partial charge < -0.3 is 10.2 Å². The van der Waals surface area contributed by atoms with Crippen LogP contribution in [0.3, 0.4) is 0 Å². The van der Waals surface area contributed by atoms with Gasteiger partial charge in [-0.25, -0.2) is 0 Å². The number of nitrogens with zero attached hydrogens (tertiary/aromatic N) is 2. The number of nitrogens with one attached hydrogen (secondary N) is 1. The molecule has 5 nitrogen and oxygen atoms in total. The summed E-state index contributed by atoms with van der Waals surface area (Å²) in [7, 11) is 0. The molecule has 3 rings (SSSR count). The molecule has 142 valence electrons. The van der Waals surface area contributed by atoms with Crippen molar-refractivity contribution < 1.29 is 9.59 Å². The minimum atomic E-state index is -0.199. The molecule has 1 aliphatic rings. The molecule has 1 aromatic carbocycles. The van der Waals surface area contributed by atoms with Crippen molar-refractivity contribution in [2.24, 2.45) is 5.92 Å². The van der Waals surface area contributed by atoms with Crippen molar-refractivity contribution >= 4 is 11.8 Å². The smallest absolute Gasteiger partial charge is 0.225 e. The SMILES string of the molecule is CCc1ccc(C2CC(C(=O)NCc3cccnc3)CN(C(C)=O)C2)cc1. The average molecular weight is 365 g/mol. The van der Waals surface area contributed by atoms with Crippen LogP contribution in [0.4, 0.5) is 0 Å². The first kappa shape index (κ1) is 19.1. The number of likely N-dealkylation sites (tertiary alicyclic amines) is 1. The summed E-state index contributed by atoms with van der Waals surface area (Å²) >= 11 is 0. The van der Waals surface area contributed by atoms with E-state index in [0.29, 0.717) is 19.6 Å². The summed E-state index contributed by atoms with van der Waals surface area (Å²) in [5.41, 5.74) is 3.46. The van der Waals surface area contributed by atoms with Crippen LogP contribution >= 0.6 is 0 Å². The monoisotopic (exact) mass is 365 g/mol. The van der Waals surface area contributed by atoms with Crippen LogP contribution in [0, 0.1) is 5.92 Å². The molecule has 2 heterocycles. The lowest BCUT2D eigenvalue weighted by Gasteiger charge is -2.37. The van der Waals surface area contributed by atoms with Crippen molar-refractivity contribution in [1.29, 1.82) is 0 Å². The van der Waals surface area contributed by atoms with Gasteiger partial charge in [0.25, 0.3) is 0 Å². The lowest BCUT2D eigenvalue weighted by molar-refractivity contribution is -0.134. The molecule has 5 heteroatoms. The number of amides is 2. The van der Waals surface area contributed by atoms with E-state index in [1.54, 1.807) is 24.2 Å². The van der Waals surface area contributed by atoms with Crippen molar-refractivity contribution in [3.63, 3.8) is 0 Å². The number of piperidine rings is 1. The Hall–Kier alpha value is -2.69. The van der Waals surface area contributed by atoms with Crippen molar-refractivity contribution in [2.45, 2.75) is 39.2 Å². The average Bonchev–Trinajstić information content (AvgIpc) is 2.72. The number of aryl methyl sites for hydroxylation is 1. The van der Waals surface area contributed by atoms with Gasteiger partial charge in [0.05, 0.1) is 5.92 Å². The largest absolute Gasteiger partial charge is 0.352 e. The molecular weight excluding hydrogens is 338 g/mol. The summed E-state index contributed by atoms with van der Waals surface area (Å²) in [6, 6.07) is 12.3. The number of carbonyl (C=O) groups is 2. The summed E-state index contributed by atoms with van der Waals surface area (Å²) in [6.07, 6.45) is 5.23. The minimum Gasteiger partial charge on any atom is -0.352 e. The van der Waals surface area contributed by atoms with Crippen LogP contribution in [0.5, 0.6) is 0 Å². The van der Waals surface area contributed by atoms with Gasteiger partial charge in [0, 0.05) is 44.9 Å². The maximum atomic E-state index is 12.7. The Labute approximate surface area is 160 Å². The molecule has 0 spiro atoms. The van der Waals surface area contributed by atoms with Crippen molar-refractivity contribution in [3.8, 4) is 0 Å². The third-order valence-electron chi connectivity index (χ3n) is 5.32. The number of benzene rings is 1. The van der Waals surface area contributed by atoms with E-state index in [0.717, 1.165) is 18.4 Å². The number of rotatable bonds is 5. The highest BCUT2D eigenvalue weighted by molar-refractivity contribution is 5.81. The van der Waals surface area contributed by atoms with E-state index in [-0.39, 0.29) is 23.7 Å². The fourth-order valence-corrected chi connectivity index (χ4v) is 3.65. The zero-order chi connectivity index (χ0) is 19.2. The van der Waals surface area contributed by atoms with Crippen LogP contribution in [-0.4, -0.2) is 34.8 Å². The summed E-state index contributed by atoms with van der Waals surface area (Å²) < 4.78 is 0. The predicted molar refractivity (Wildman–Crippen MR) is 105 cm³/mol. The van der Waals surface area contributed by atoms with Crippen molar-refractivity contribution in [1.82, 2.24) is 15.2 Å². The number of hydrogen-bond donors (Lipinski definition) is 1. The van der Waals surface area contributed by atoms with Crippen LogP contribution in [-0.2, 0) is 22.6 Å². The Balaban J connectivity index is 1.69. The highest BCUT2D eigenvalue weighted by atomic mass is 16.2. The molecule has 0 aliphatic carbocycles. The van der Waals surface area contributed by atoms with E-state index < -0.39 is 0 Å². The zero-order valence-electron chi connectivity index (χ0n) is 16.0. The molecule has 0 bridgehead atoms. The molecule has 2 atom stereocenters. The molecule has 2 unspecified atom stereocenters. The van der Waals surface area contributed by atoms with Gasteiger partial charge in [-0.3, -0.25) is 14.6 Å². The van der Waals surface area contributed by atoms with Crippen LogP contribution in [0.25, 0.3) is 0 Å². The standard InChI is InChI=1S/C22H27N3O2/c1-3-17-6-8-19(9-7-17)20-11-21(15-25(14-20)16(2)26)22(27)24-13-18-5-4-10-23-12-18/h4-10,12,20-21H,3,11,13-15H2,1-2H3,(H,24,27). The van der Waals surface area contributed by atoms with Gasteiger partial charge in [-0.15, -0.1) is 0 Å². The minimum absolute atomic E-state index is 0.0000172. The van der Waals surface area contributed by atoms with Crippen molar-refractivity contribution in [3.05, 3.63) is 65.5 Å². The van der Waals surface area contributed by atoms with Crippen molar-refractivity contribution in [2.75, 3.05) is 13.1 Å². The Bertz CT molecular complexity index is 774. The first-order valence-corrected chi connectivity index (χ1v) is 9.57. The normalized spacial score (nSPS) is 19.6. The second-order valence-corrected chi connectivity index (χ2v) is 7.23. The molecule has 1 N–H and O–H groups in total. The van der Waals surface area contributed by atoms with Gasteiger partial charge in [-0.2, -0.15) is 0 Å². The first-order chi connectivity index (χ1) is 13.1. The lowest BCUT2D eigenvalue weighted by atomic mass is 9.83. The second-order valence-electron chi connectivity index (χ2n) is 7.23. The van der Waals surface area contributed by atoms with E-state index in [9.17, 15) is 9.59 Å². The molecule has 1 fully saturated rings. The van der Waals surface area contributed by atoms with E-state index in [1.807, 2.05) is 12.1 Å². The maximum absolute atomic E-state index is 12.7. The summed E-state index contributed by atoms with van der Waals surface area (Å²) in [6.45, 7) is 5.33. The van der Waals surface area contributed by atoms with Crippen LogP contribution < -0.4 is 5.32 Å². The molecular formula is C22H27N3O2. The van der Waals surface area contributed by atoms with Crippen LogP contribution in [0.1, 0.15) is 42.9 Å². The van der Waals surface area contributed by atoms with Gasteiger partial charge >= 0.3 is 0 Å². The first-order valence-electron chi connectivity index (χ1n) is 9.57. The van der Waals surface area contributed by atoms with Gasteiger partial charge in [0.1, 0.15) is 0 Å². The van der Waals surface area contributed by atoms with E-state index in [4.69, 9.17) is 0 Å². The second kappa shape index (κ2) is 8.80. The van der Waals surface area contributed by atoms with E-state index in [1.165, 1.54) is 11.1 Å². The molecule has 0 radical (unpaired) electrons. The summed E-state index contributed by atoms with van der Waals surface area (Å²) in [5, 5.41) is 3.00. The highest BCUT2D eigenvalue weighted by Crippen LogP contribution is 2.31. The quantitative estimate of drug-likeness (QED) is 0.886. The number of hydrogen-bond acceptors (Lipinski definition) is 3.